The number of pyridine rings is 1. The number of rotatable bonds is 4. The first-order valence-electron chi connectivity index (χ1n) is 8.65. The molecule has 3 rings (SSSR count). The van der Waals surface area contributed by atoms with Gasteiger partial charge in [-0.15, -0.1) is 0 Å². The highest BCUT2D eigenvalue weighted by Crippen LogP contribution is 2.19. The van der Waals surface area contributed by atoms with Crippen molar-refractivity contribution in [1.29, 1.82) is 5.41 Å². The molecule has 0 saturated carbocycles. The largest absolute Gasteiger partial charge is 0.522 e. The zero-order chi connectivity index (χ0) is 21.3. The van der Waals surface area contributed by atoms with E-state index in [1.165, 1.54) is 32.0 Å². The van der Waals surface area contributed by atoms with Crippen molar-refractivity contribution < 1.29 is 18.8 Å². The van der Waals surface area contributed by atoms with E-state index in [1.807, 2.05) is 0 Å². The lowest BCUT2D eigenvalue weighted by Crippen LogP contribution is -2.52. The number of aromatic amines is 1. The lowest BCUT2D eigenvalue weighted by molar-refractivity contribution is -0.738. The highest BCUT2D eigenvalue weighted by atomic mass is 16.5. The van der Waals surface area contributed by atoms with Crippen molar-refractivity contribution in [2.45, 2.75) is 6.54 Å². The molecule has 4 N–H and O–H groups in total. The minimum Gasteiger partial charge on any atom is -0.423 e. The number of benzene rings is 1. The average molecular weight is 397 g/mol. The molecule has 0 atom stereocenters. The maximum absolute atomic E-state index is 12.8. The van der Waals surface area contributed by atoms with E-state index in [9.17, 15) is 14.4 Å². The Hall–Kier alpha value is -3.79. The van der Waals surface area contributed by atoms with Gasteiger partial charge in [-0.1, -0.05) is 24.3 Å². The van der Waals surface area contributed by atoms with Crippen molar-refractivity contribution >= 4 is 28.9 Å². The fourth-order valence-corrected chi connectivity index (χ4v) is 2.76. The molecule has 0 bridgehead atoms. The van der Waals surface area contributed by atoms with Crippen LogP contribution in [0.5, 0.6) is 0 Å². The molecular formula is C19H21N6O4+. The molecule has 3 aromatic rings. The summed E-state index contributed by atoms with van der Waals surface area (Å²) < 4.78 is 5.20. The molecule has 0 spiro atoms. The zero-order valence-electron chi connectivity index (χ0n) is 16.2. The fourth-order valence-electron chi connectivity index (χ4n) is 2.76. The number of hydrogen-bond acceptors (Lipinski definition) is 6. The number of methoxy groups -OCH3 is 1. The van der Waals surface area contributed by atoms with Gasteiger partial charge in [0.15, 0.2) is 5.52 Å². The molecule has 2 heterocycles. The van der Waals surface area contributed by atoms with Gasteiger partial charge in [0.05, 0.1) is 26.7 Å². The molecule has 2 amide bonds. The van der Waals surface area contributed by atoms with Gasteiger partial charge in [0.2, 0.25) is 0 Å². The Bertz CT molecular complexity index is 1170. The molecule has 0 unspecified atom stereocenters. The Morgan fingerprint density at radius 2 is 1.90 bits per heavy atom. The summed E-state index contributed by atoms with van der Waals surface area (Å²) in [6.07, 6.45) is 0.751. The van der Waals surface area contributed by atoms with Gasteiger partial charge in [-0.25, -0.2) is 9.78 Å². The van der Waals surface area contributed by atoms with Gasteiger partial charge in [-0.2, -0.15) is 9.28 Å². The first kappa shape index (κ1) is 20.0. The van der Waals surface area contributed by atoms with Crippen LogP contribution in [0.1, 0.15) is 5.56 Å². The van der Waals surface area contributed by atoms with Gasteiger partial charge < -0.3 is 15.5 Å². The summed E-state index contributed by atoms with van der Waals surface area (Å²) in [6.45, 7) is -0.299. The van der Waals surface area contributed by atoms with Crippen LogP contribution in [0.25, 0.3) is 22.4 Å². The van der Waals surface area contributed by atoms with Crippen LogP contribution in [0.4, 0.5) is 4.79 Å². The van der Waals surface area contributed by atoms with Gasteiger partial charge in [-0.3, -0.25) is 14.8 Å². The summed E-state index contributed by atoms with van der Waals surface area (Å²) in [5, 5.41) is 7.44. The molecule has 10 heteroatoms. The van der Waals surface area contributed by atoms with Crippen molar-refractivity contribution in [1.82, 2.24) is 14.5 Å². The average Bonchev–Trinajstić information content (AvgIpc) is 3.14. The van der Waals surface area contributed by atoms with Crippen molar-refractivity contribution in [3.05, 3.63) is 52.4 Å². The molecule has 0 fully saturated rings. The third-order valence-corrected chi connectivity index (χ3v) is 4.65. The summed E-state index contributed by atoms with van der Waals surface area (Å²) in [7, 11) is 3.99. The molecule has 0 aliphatic rings. The number of imide groups is 1. The molecule has 0 aliphatic heterocycles. The van der Waals surface area contributed by atoms with E-state index < -0.39 is 22.0 Å². The van der Waals surface area contributed by atoms with Crippen molar-refractivity contribution in [3.63, 3.8) is 0 Å². The van der Waals surface area contributed by atoms with E-state index in [-0.39, 0.29) is 17.9 Å². The van der Waals surface area contributed by atoms with Crippen molar-refractivity contribution in [2.24, 2.45) is 5.73 Å². The Balaban J connectivity index is 1.94. The van der Waals surface area contributed by atoms with Crippen LogP contribution in [0.3, 0.4) is 0 Å². The number of quaternary nitrogens is 1. The summed E-state index contributed by atoms with van der Waals surface area (Å²) in [5.41, 5.74) is 7.00. The number of nitrogens with zero attached hydrogens (tertiary/aromatic N) is 3. The molecule has 10 nitrogen and oxygen atoms in total. The zero-order valence-corrected chi connectivity index (χ0v) is 16.2. The number of aromatic nitrogens is 3. The van der Waals surface area contributed by atoms with Gasteiger partial charge in [0.1, 0.15) is 18.2 Å². The number of hydrogen-bond donors (Lipinski definition) is 3. The highest BCUT2D eigenvalue weighted by molar-refractivity contribution is 5.95. The van der Waals surface area contributed by atoms with Crippen LogP contribution in [0.2, 0.25) is 0 Å². The number of carbonyl (C=O) groups excluding carboxylic acids is 2. The molecule has 1 aromatic carbocycles. The number of likely N-dealkylation sites (N-methyl/N-ethyl adjacent to an activating group) is 1. The van der Waals surface area contributed by atoms with Crippen LogP contribution < -0.4 is 11.3 Å². The normalized spacial score (nSPS) is 11.4. The monoisotopic (exact) mass is 397 g/mol. The summed E-state index contributed by atoms with van der Waals surface area (Å²) in [6, 6.07) is 8.51. The number of nitrogens with two attached hydrogens (primary N) is 1. The number of fused-ring (bicyclic) bond motifs is 1. The molecule has 150 valence electrons. The number of ether oxygens (including phenoxy) is 1. The second-order valence-corrected chi connectivity index (χ2v) is 6.90. The first-order valence-corrected chi connectivity index (χ1v) is 8.65. The van der Waals surface area contributed by atoms with Crippen LogP contribution in [0, 0.1) is 5.41 Å². The third-order valence-electron chi connectivity index (χ3n) is 4.65. The van der Waals surface area contributed by atoms with Crippen molar-refractivity contribution in [2.75, 3.05) is 21.2 Å². The molecule has 0 radical (unpaired) electrons. The topological polar surface area (TPSA) is 144 Å². The lowest BCUT2D eigenvalue weighted by atomic mass is 10.1. The van der Waals surface area contributed by atoms with Crippen molar-refractivity contribution in [3.8, 4) is 11.4 Å². The number of nitrogen functional groups attached to an aromatic ring is 1. The SMILES string of the molecule is COC(=O)[N+](C)(C)C(=O)Cn1ccc2[nH]c(-c3ccc(C(=N)N)cc3)nc2c1=O. The standard InChI is InChI=1S/C19H20N6O4/c1-25(2,19(28)29-3)14(26)10-24-9-8-13-15(18(24)27)23-17(22-13)12-6-4-11(5-7-12)16(20)21/h4-9H,10H2,1-3H3,(H3-,20,21,22,23,27)/p+1. The Morgan fingerprint density at radius 1 is 1.24 bits per heavy atom. The van der Waals surface area contributed by atoms with Crippen LogP contribution in [0.15, 0.2) is 41.3 Å². The first-order chi connectivity index (χ1) is 13.6. The molecular weight excluding hydrogens is 376 g/mol. The fraction of sp³-hybridized carbons (Fsp3) is 0.211. The smallest absolute Gasteiger partial charge is 0.423 e. The predicted octanol–water partition coefficient (Wildman–Crippen LogP) is 1.05. The Kier molecular flexibility index (Phi) is 5.04. The van der Waals surface area contributed by atoms with Crippen LogP contribution >= 0.6 is 0 Å². The van der Waals surface area contributed by atoms with E-state index in [1.54, 1.807) is 30.3 Å². The second-order valence-electron chi connectivity index (χ2n) is 6.90. The van der Waals surface area contributed by atoms with Gasteiger partial charge >= 0.3 is 12.0 Å². The number of carbonyl (C=O) groups is 2. The third kappa shape index (κ3) is 3.65. The number of imidazole rings is 1. The minimum atomic E-state index is -0.722. The van der Waals surface area contributed by atoms with E-state index in [0.29, 0.717) is 16.9 Å². The van der Waals surface area contributed by atoms with Crippen LogP contribution in [-0.2, 0) is 16.1 Å². The van der Waals surface area contributed by atoms with Crippen LogP contribution in [-0.4, -0.2) is 58.1 Å². The Morgan fingerprint density at radius 3 is 2.48 bits per heavy atom. The summed E-state index contributed by atoms with van der Waals surface area (Å²) in [4.78, 5) is 44.5. The van der Waals surface area contributed by atoms with E-state index >= 15 is 0 Å². The molecule has 0 aliphatic carbocycles. The highest BCUT2D eigenvalue weighted by Gasteiger charge is 2.37. The number of amidine groups is 1. The lowest BCUT2D eigenvalue weighted by Gasteiger charge is -2.21. The van der Waals surface area contributed by atoms with E-state index in [4.69, 9.17) is 11.1 Å². The molecule has 2 aromatic heterocycles. The second kappa shape index (κ2) is 7.32. The quantitative estimate of drug-likeness (QED) is 0.341. The summed E-state index contributed by atoms with van der Waals surface area (Å²) in [5.74, 6) is -0.0715. The summed E-state index contributed by atoms with van der Waals surface area (Å²) >= 11 is 0. The number of nitrogens with one attached hydrogen (secondary N) is 2. The minimum absolute atomic E-state index is 0.0398. The van der Waals surface area contributed by atoms with E-state index in [0.717, 1.165) is 5.56 Å². The number of H-pyrrole nitrogens is 1. The maximum atomic E-state index is 12.8. The predicted molar refractivity (Wildman–Crippen MR) is 106 cm³/mol. The molecule has 0 saturated heterocycles. The Labute approximate surface area is 165 Å². The van der Waals surface area contributed by atoms with Gasteiger partial charge in [0.25, 0.3) is 5.56 Å². The number of amides is 2. The molecule has 29 heavy (non-hydrogen) atoms. The maximum Gasteiger partial charge on any atom is 0.522 e. The van der Waals surface area contributed by atoms with E-state index in [2.05, 4.69) is 14.7 Å². The van der Waals surface area contributed by atoms with Gasteiger partial charge in [0, 0.05) is 17.3 Å². The van der Waals surface area contributed by atoms with Gasteiger partial charge in [-0.05, 0) is 6.07 Å².